The van der Waals surface area contributed by atoms with E-state index in [2.05, 4.69) is 11.1 Å². The molecule has 18 heavy (non-hydrogen) atoms. The van der Waals surface area contributed by atoms with Crippen molar-refractivity contribution in [1.82, 2.24) is 9.88 Å². The first kappa shape index (κ1) is 11.1. The lowest BCUT2D eigenvalue weighted by atomic mass is 10.1. The highest BCUT2D eigenvalue weighted by atomic mass is 16.2. The van der Waals surface area contributed by atoms with Crippen LogP contribution in [-0.4, -0.2) is 22.3 Å². The van der Waals surface area contributed by atoms with Gasteiger partial charge in [0.1, 0.15) is 0 Å². The van der Waals surface area contributed by atoms with E-state index < -0.39 is 0 Å². The molecule has 3 nitrogen and oxygen atoms in total. The lowest BCUT2D eigenvalue weighted by molar-refractivity contribution is 0.0734. The topological polar surface area (TPSA) is 36.1 Å². The number of fused-ring (bicyclic) bond motifs is 1. The second-order valence-corrected chi connectivity index (χ2v) is 4.83. The van der Waals surface area contributed by atoms with Crippen LogP contribution in [0.25, 0.3) is 0 Å². The van der Waals surface area contributed by atoms with E-state index in [9.17, 15) is 4.79 Å². The Kier molecular flexibility index (Phi) is 2.67. The molecule has 1 aromatic heterocycles. The Labute approximate surface area is 106 Å². The van der Waals surface area contributed by atoms with Crippen LogP contribution in [0, 0.1) is 6.92 Å². The predicted molar refractivity (Wildman–Crippen MR) is 70.4 cm³/mol. The van der Waals surface area contributed by atoms with E-state index in [-0.39, 0.29) is 5.91 Å². The number of aromatic nitrogens is 1. The van der Waals surface area contributed by atoms with Crippen molar-refractivity contribution in [3.63, 3.8) is 0 Å². The molecule has 0 atom stereocenters. The summed E-state index contributed by atoms with van der Waals surface area (Å²) >= 11 is 0. The van der Waals surface area contributed by atoms with Gasteiger partial charge in [0.2, 0.25) is 0 Å². The maximum atomic E-state index is 12.4. The SMILES string of the molecule is Cc1cccc(C(=O)N2CCc3[nH]ccc3C2)c1. The number of amides is 1. The molecule has 1 amide bonds. The Morgan fingerprint density at radius 3 is 3.06 bits per heavy atom. The summed E-state index contributed by atoms with van der Waals surface area (Å²) in [5.41, 5.74) is 4.42. The van der Waals surface area contributed by atoms with Crippen molar-refractivity contribution in [2.24, 2.45) is 0 Å². The fraction of sp³-hybridized carbons (Fsp3) is 0.267. The first-order chi connectivity index (χ1) is 8.74. The van der Waals surface area contributed by atoms with Crippen LogP contribution in [-0.2, 0) is 13.0 Å². The number of aromatic amines is 1. The summed E-state index contributed by atoms with van der Waals surface area (Å²) < 4.78 is 0. The third-order valence-electron chi connectivity index (χ3n) is 3.47. The lowest BCUT2D eigenvalue weighted by Crippen LogP contribution is -2.35. The Morgan fingerprint density at radius 1 is 1.33 bits per heavy atom. The highest BCUT2D eigenvalue weighted by molar-refractivity contribution is 5.94. The van der Waals surface area contributed by atoms with Crippen LogP contribution in [0.2, 0.25) is 0 Å². The van der Waals surface area contributed by atoms with Crippen LogP contribution < -0.4 is 0 Å². The molecule has 92 valence electrons. The van der Waals surface area contributed by atoms with Gasteiger partial charge >= 0.3 is 0 Å². The van der Waals surface area contributed by atoms with Gasteiger partial charge in [-0.05, 0) is 30.7 Å². The largest absolute Gasteiger partial charge is 0.365 e. The molecule has 2 heterocycles. The van der Waals surface area contributed by atoms with Gasteiger partial charge in [-0.1, -0.05) is 17.7 Å². The van der Waals surface area contributed by atoms with Crippen LogP contribution in [0.5, 0.6) is 0 Å². The van der Waals surface area contributed by atoms with E-state index in [1.165, 1.54) is 11.3 Å². The molecule has 0 fully saturated rings. The molecule has 1 aromatic carbocycles. The van der Waals surface area contributed by atoms with Crippen molar-refractivity contribution in [1.29, 1.82) is 0 Å². The minimum atomic E-state index is 0.130. The monoisotopic (exact) mass is 240 g/mol. The summed E-state index contributed by atoms with van der Waals surface area (Å²) in [5, 5.41) is 0. The molecule has 0 radical (unpaired) electrons. The summed E-state index contributed by atoms with van der Waals surface area (Å²) in [7, 11) is 0. The van der Waals surface area contributed by atoms with Crippen molar-refractivity contribution in [3.8, 4) is 0 Å². The average molecular weight is 240 g/mol. The smallest absolute Gasteiger partial charge is 0.254 e. The van der Waals surface area contributed by atoms with Crippen LogP contribution >= 0.6 is 0 Å². The van der Waals surface area contributed by atoms with Crippen LogP contribution in [0.1, 0.15) is 27.2 Å². The summed E-state index contributed by atoms with van der Waals surface area (Å²) in [6.45, 7) is 3.52. The number of nitrogens with one attached hydrogen (secondary N) is 1. The molecule has 0 saturated carbocycles. The highest BCUT2D eigenvalue weighted by Crippen LogP contribution is 2.19. The van der Waals surface area contributed by atoms with E-state index in [1.807, 2.05) is 42.3 Å². The normalized spacial score (nSPS) is 14.4. The zero-order valence-electron chi connectivity index (χ0n) is 10.4. The number of nitrogens with zero attached hydrogens (tertiary/aromatic N) is 1. The second kappa shape index (κ2) is 4.33. The van der Waals surface area contributed by atoms with Gasteiger partial charge in [0.25, 0.3) is 5.91 Å². The first-order valence-corrected chi connectivity index (χ1v) is 6.25. The quantitative estimate of drug-likeness (QED) is 0.817. The van der Waals surface area contributed by atoms with Crippen molar-refractivity contribution in [2.75, 3.05) is 6.54 Å². The summed E-state index contributed by atoms with van der Waals surface area (Å²) in [6, 6.07) is 9.85. The molecule has 3 rings (SSSR count). The van der Waals surface area contributed by atoms with Gasteiger partial charge in [-0.15, -0.1) is 0 Å². The van der Waals surface area contributed by atoms with Gasteiger partial charge in [0.05, 0.1) is 0 Å². The van der Waals surface area contributed by atoms with Gasteiger partial charge in [-0.25, -0.2) is 0 Å². The van der Waals surface area contributed by atoms with Crippen molar-refractivity contribution in [3.05, 3.63) is 58.9 Å². The first-order valence-electron chi connectivity index (χ1n) is 6.25. The number of rotatable bonds is 1. The predicted octanol–water partition coefficient (Wildman–Crippen LogP) is 2.52. The maximum Gasteiger partial charge on any atom is 0.254 e. The maximum absolute atomic E-state index is 12.4. The second-order valence-electron chi connectivity index (χ2n) is 4.83. The van der Waals surface area contributed by atoms with Crippen LogP contribution in [0.15, 0.2) is 36.5 Å². The molecule has 0 aliphatic carbocycles. The van der Waals surface area contributed by atoms with E-state index in [0.717, 1.165) is 24.1 Å². The zero-order valence-corrected chi connectivity index (χ0v) is 10.4. The molecule has 0 spiro atoms. The molecule has 0 saturated heterocycles. The number of hydrogen-bond donors (Lipinski definition) is 1. The van der Waals surface area contributed by atoms with E-state index in [4.69, 9.17) is 0 Å². The minimum absolute atomic E-state index is 0.130. The summed E-state index contributed by atoms with van der Waals surface area (Å²) in [4.78, 5) is 17.5. The Bertz CT molecular complexity index is 586. The Morgan fingerprint density at radius 2 is 2.22 bits per heavy atom. The molecule has 0 bridgehead atoms. The number of H-pyrrole nitrogens is 1. The zero-order chi connectivity index (χ0) is 12.5. The Balaban J connectivity index is 1.83. The molecule has 1 N–H and O–H groups in total. The van der Waals surface area contributed by atoms with Gasteiger partial charge < -0.3 is 9.88 Å². The van der Waals surface area contributed by atoms with E-state index in [1.54, 1.807) is 0 Å². The van der Waals surface area contributed by atoms with Gasteiger partial charge in [-0.2, -0.15) is 0 Å². The standard InChI is InChI=1S/C15H16N2O/c1-11-3-2-4-12(9-11)15(18)17-8-6-14-13(10-17)5-7-16-14/h2-5,7,9,16H,6,8,10H2,1H3. The number of carbonyl (C=O) groups excluding carboxylic acids is 1. The molecular formula is C15H16N2O. The third-order valence-corrected chi connectivity index (χ3v) is 3.47. The number of benzene rings is 1. The molecular weight excluding hydrogens is 224 g/mol. The number of aryl methyl sites for hydroxylation is 1. The third kappa shape index (κ3) is 1.92. The van der Waals surface area contributed by atoms with Crippen molar-refractivity contribution < 1.29 is 4.79 Å². The van der Waals surface area contributed by atoms with Gasteiger partial charge in [0.15, 0.2) is 0 Å². The summed E-state index contributed by atoms with van der Waals surface area (Å²) in [5.74, 6) is 0.130. The van der Waals surface area contributed by atoms with E-state index in [0.29, 0.717) is 6.54 Å². The number of carbonyl (C=O) groups is 1. The fourth-order valence-corrected chi connectivity index (χ4v) is 2.48. The average Bonchev–Trinajstić information content (AvgIpc) is 2.85. The van der Waals surface area contributed by atoms with Crippen LogP contribution in [0.4, 0.5) is 0 Å². The van der Waals surface area contributed by atoms with E-state index >= 15 is 0 Å². The van der Waals surface area contributed by atoms with Gasteiger partial charge in [0, 0.05) is 37.0 Å². The van der Waals surface area contributed by atoms with Crippen molar-refractivity contribution >= 4 is 5.91 Å². The Hall–Kier alpha value is -2.03. The summed E-state index contributed by atoms with van der Waals surface area (Å²) in [6.07, 6.45) is 2.87. The molecule has 0 unspecified atom stereocenters. The molecule has 1 aliphatic rings. The van der Waals surface area contributed by atoms with Crippen LogP contribution in [0.3, 0.4) is 0 Å². The molecule has 1 aliphatic heterocycles. The highest BCUT2D eigenvalue weighted by Gasteiger charge is 2.22. The fourth-order valence-electron chi connectivity index (χ4n) is 2.48. The van der Waals surface area contributed by atoms with Crippen molar-refractivity contribution in [2.45, 2.75) is 19.9 Å². The minimum Gasteiger partial charge on any atom is -0.365 e. The molecule has 3 heteroatoms. The molecule has 2 aromatic rings. The van der Waals surface area contributed by atoms with Gasteiger partial charge in [-0.3, -0.25) is 4.79 Å². The number of hydrogen-bond acceptors (Lipinski definition) is 1. The lowest BCUT2D eigenvalue weighted by Gasteiger charge is -2.27.